The first kappa shape index (κ1) is 22.2. The van der Waals surface area contributed by atoms with Crippen molar-refractivity contribution >= 4 is 11.9 Å². The van der Waals surface area contributed by atoms with Gasteiger partial charge in [-0.25, -0.2) is 9.97 Å². The number of carboxylic acids is 2. The molecule has 0 radical (unpaired) electrons. The molecule has 0 aliphatic carbocycles. The zero-order valence-corrected chi connectivity index (χ0v) is 13.7. The number of rotatable bonds is 0. The molecule has 2 aromatic rings. The van der Waals surface area contributed by atoms with Gasteiger partial charge in [0.25, 0.3) is 0 Å². The van der Waals surface area contributed by atoms with Gasteiger partial charge in [-0.3, -0.25) is 0 Å². The zero-order chi connectivity index (χ0) is 14.2. The summed E-state index contributed by atoms with van der Waals surface area (Å²) in [7, 11) is 0. The summed E-state index contributed by atoms with van der Waals surface area (Å²) >= 11 is 0. The fraction of sp³-hybridized carbons (Fsp3) is 0.200. The van der Waals surface area contributed by atoms with Gasteiger partial charge in [0.1, 0.15) is 0 Å². The molecule has 0 saturated heterocycles. The van der Waals surface area contributed by atoms with Crippen molar-refractivity contribution in [3.05, 3.63) is 37.4 Å². The quantitative estimate of drug-likeness (QED) is 0.557. The smallest absolute Gasteiger partial charge is 0.550 e. The Bertz CT molecular complexity index is 297. The number of hydrogen-bond acceptors (Lipinski definition) is 6. The molecule has 2 aromatic heterocycles. The van der Waals surface area contributed by atoms with Gasteiger partial charge in [-0.2, -0.15) is 0 Å². The number of aromatic amines is 2. The molecule has 8 nitrogen and oxygen atoms in total. The van der Waals surface area contributed by atoms with Gasteiger partial charge in [0.15, 0.2) is 0 Å². The molecular weight excluding hydrogens is 306 g/mol. The Hall–Kier alpha value is -2.02. The molecule has 2 heterocycles. The van der Waals surface area contributed by atoms with E-state index in [9.17, 15) is 0 Å². The Morgan fingerprint density at radius 1 is 0.895 bits per heavy atom. The molecule has 0 saturated carbocycles. The van der Waals surface area contributed by atoms with Gasteiger partial charge < -0.3 is 29.8 Å². The number of aromatic nitrogens is 4. The third-order valence-electron chi connectivity index (χ3n) is 0.812. The van der Waals surface area contributed by atoms with Crippen LogP contribution in [-0.4, -0.2) is 31.9 Å². The van der Waals surface area contributed by atoms with Crippen LogP contribution in [0.4, 0.5) is 0 Å². The van der Waals surface area contributed by atoms with Crippen LogP contribution >= 0.6 is 0 Å². The molecule has 0 atom stereocenters. The second kappa shape index (κ2) is 18.4. The molecule has 9 heteroatoms. The zero-order valence-electron chi connectivity index (χ0n) is 10.7. The van der Waals surface area contributed by atoms with Crippen molar-refractivity contribution in [2.75, 3.05) is 0 Å². The maximum absolute atomic E-state index is 8.89. The van der Waals surface area contributed by atoms with E-state index in [1.807, 2.05) is 0 Å². The van der Waals surface area contributed by atoms with E-state index in [-0.39, 0.29) is 19.5 Å². The largest absolute Gasteiger partial charge is 2.00 e. The number of carboxylic acid groups (broad SMARTS) is 2. The number of carbonyl (C=O) groups excluding carboxylic acids is 2. The fourth-order valence-corrected chi connectivity index (χ4v) is 0.430. The summed E-state index contributed by atoms with van der Waals surface area (Å²) in [5.41, 5.74) is 0. The van der Waals surface area contributed by atoms with Crippen LogP contribution < -0.4 is 10.2 Å². The minimum Gasteiger partial charge on any atom is -0.550 e. The molecule has 19 heavy (non-hydrogen) atoms. The van der Waals surface area contributed by atoms with Crippen LogP contribution in [0.15, 0.2) is 37.4 Å². The van der Waals surface area contributed by atoms with Gasteiger partial charge in [0, 0.05) is 36.7 Å². The molecule has 0 fully saturated rings. The van der Waals surface area contributed by atoms with Gasteiger partial charge in [0.2, 0.25) is 0 Å². The summed E-state index contributed by atoms with van der Waals surface area (Å²) in [6.07, 6.45) is 10.2. The van der Waals surface area contributed by atoms with Crippen molar-refractivity contribution in [2.45, 2.75) is 13.8 Å². The molecule has 0 unspecified atom stereocenters. The Morgan fingerprint density at radius 3 is 1.21 bits per heavy atom. The van der Waals surface area contributed by atoms with Crippen molar-refractivity contribution < 1.29 is 39.3 Å². The standard InChI is InChI=1S/2C3H4N2.2C2H4O2.Zn/c2*1-2-5-3-4-1;2*1-2(3)4;/h2*1-3H,(H,4,5);2*1H3,(H,3,4);/q;;;;+2/p-2. The van der Waals surface area contributed by atoms with E-state index in [0.717, 1.165) is 13.8 Å². The topological polar surface area (TPSA) is 138 Å². The minimum absolute atomic E-state index is 0. The first-order valence-electron chi connectivity index (χ1n) is 4.67. The van der Waals surface area contributed by atoms with Crippen LogP contribution in [0.2, 0.25) is 0 Å². The number of nitrogens with one attached hydrogen (secondary N) is 2. The molecule has 2 N–H and O–H groups in total. The van der Waals surface area contributed by atoms with Crippen LogP contribution in [0.25, 0.3) is 0 Å². The number of imidazole rings is 2. The maximum Gasteiger partial charge on any atom is 2.00 e. The summed E-state index contributed by atoms with van der Waals surface area (Å²) in [6, 6.07) is 0. The average molecular weight is 320 g/mol. The van der Waals surface area contributed by atoms with Crippen molar-refractivity contribution in [3.63, 3.8) is 0 Å². The summed E-state index contributed by atoms with van der Waals surface area (Å²) in [6.45, 7) is 1.94. The first-order chi connectivity index (χ1) is 8.46. The summed E-state index contributed by atoms with van der Waals surface area (Å²) < 4.78 is 0. The van der Waals surface area contributed by atoms with E-state index < -0.39 is 11.9 Å². The predicted octanol–water partition coefficient (Wildman–Crippen LogP) is -1.67. The van der Waals surface area contributed by atoms with Crippen molar-refractivity contribution in [1.29, 1.82) is 0 Å². The summed E-state index contributed by atoms with van der Waals surface area (Å²) in [5, 5.41) is 17.8. The molecule has 0 aromatic carbocycles. The number of aliphatic carboxylic acids is 2. The molecule has 100 valence electrons. The van der Waals surface area contributed by atoms with E-state index in [1.165, 1.54) is 0 Å². The van der Waals surface area contributed by atoms with Gasteiger partial charge in [-0.15, -0.1) is 0 Å². The van der Waals surface area contributed by atoms with Gasteiger partial charge in [-0.05, 0) is 13.8 Å². The van der Waals surface area contributed by atoms with E-state index in [4.69, 9.17) is 19.8 Å². The van der Waals surface area contributed by atoms with Gasteiger partial charge >= 0.3 is 19.5 Å². The van der Waals surface area contributed by atoms with Crippen molar-refractivity contribution in [2.24, 2.45) is 0 Å². The van der Waals surface area contributed by atoms with E-state index in [2.05, 4.69) is 19.9 Å². The number of carbonyl (C=O) groups is 2. The number of H-pyrrole nitrogens is 2. The Labute approximate surface area is 123 Å². The Morgan fingerprint density at radius 2 is 1.16 bits per heavy atom. The molecule has 2 rings (SSSR count). The van der Waals surface area contributed by atoms with Crippen LogP contribution in [0.1, 0.15) is 13.8 Å². The minimum atomic E-state index is -1.08. The molecule has 0 aliphatic heterocycles. The van der Waals surface area contributed by atoms with Crippen LogP contribution in [0, 0.1) is 0 Å². The van der Waals surface area contributed by atoms with Crippen molar-refractivity contribution in [3.8, 4) is 0 Å². The third kappa shape index (κ3) is 49.0. The first-order valence-corrected chi connectivity index (χ1v) is 4.67. The third-order valence-corrected chi connectivity index (χ3v) is 0.812. The normalized spacial score (nSPS) is 6.84. The van der Waals surface area contributed by atoms with Gasteiger partial charge in [0.05, 0.1) is 12.7 Å². The Balaban J connectivity index is -0.000000178. The second-order valence-corrected chi connectivity index (χ2v) is 2.50. The Kier molecular flexibility index (Phi) is 21.4. The predicted molar refractivity (Wildman–Crippen MR) is 58.5 cm³/mol. The van der Waals surface area contributed by atoms with Crippen LogP contribution in [-0.2, 0) is 29.1 Å². The monoisotopic (exact) mass is 318 g/mol. The van der Waals surface area contributed by atoms with Crippen LogP contribution in [0.3, 0.4) is 0 Å². The van der Waals surface area contributed by atoms with E-state index >= 15 is 0 Å². The molecule has 0 spiro atoms. The molecule has 0 bridgehead atoms. The summed E-state index contributed by atoms with van der Waals surface area (Å²) in [4.78, 5) is 30.6. The second-order valence-electron chi connectivity index (χ2n) is 2.50. The molecule has 0 amide bonds. The maximum atomic E-state index is 8.89. The fourth-order valence-electron chi connectivity index (χ4n) is 0.430. The number of hydrogen-bond donors (Lipinski definition) is 2. The van der Waals surface area contributed by atoms with Crippen LogP contribution in [0.5, 0.6) is 0 Å². The van der Waals surface area contributed by atoms with Gasteiger partial charge in [-0.1, -0.05) is 0 Å². The SMILES string of the molecule is CC(=O)[O-].CC(=O)[O-].[Zn+2].c1c[nH]cn1.c1c[nH]cn1. The molecule has 0 aliphatic rings. The van der Waals surface area contributed by atoms with E-state index in [0.29, 0.717) is 0 Å². The summed E-state index contributed by atoms with van der Waals surface area (Å²) in [5.74, 6) is -2.17. The average Bonchev–Trinajstić information content (AvgIpc) is 2.96. The molecular formula is C10H14N4O4Zn. The van der Waals surface area contributed by atoms with Crippen molar-refractivity contribution in [1.82, 2.24) is 19.9 Å². The van der Waals surface area contributed by atoms with E-state index in [1.54, 1.807) is 37.4 Å². The number of nitrogens with zero attached hydrogens (tertiary/aromatic N) is 2.